The number of benzene rings is 1. The van der Waals surface area contributed by atoms with Gasteiger partial charge in [-0.05, 0) is 55.4 Å². The van der Waals surface area contributed by atoms with Crippen LogP contribution < -0.4 is 10.6 Å². The molecular weight excluding hydrogens is 530 g/mol. The lowest BCUT2D eigenvalue weighted by molar-refractivity contribution is -0.159. The standard InChI is InChI=1S/C28H33F4N5O3/c1-5-14-37-23(12-13-33-37)25(38)35-24(19-8-6-17(2)7-9-19)26(39)34-22-11-10-20(15-21(22)29)18(3)27(40)36(4)16-28(30,31)32/h1,10-13,15,17-19,24H,6-9,14,16H2,2-4H3,(H,34,39)(H,35,38)/t17?,18?,19?,24-/m0/s1. The number of nitrogens with zero attached hydrogens (tertiary/aromatic N) is 3. The van der Waals surface area contributed by atoms with Crippen molar-refractivity contribution < 1.29 is 31.9 Å². The van der Waals surface area contributed by atoms with E-state index in [4.69, 9.17) is 6.42 Å². The normalized spacial score (nSPS) is 18.8. The van der Waals surface area contributed by atoms with Crippen molar-refractivity contribution in [1.29, 1.82) is 0 Å². The van der Waals surface area contributed by atoms with Gasteiger partial charge in [-0.25, -0.2) is 9.07 Å². The number of carbonyl (C=O) groups is 3. The maximum atomic E-state index is 15.0. The topological polar surface area (TPSA) is 96.3 Å². The summed E-state index contributed by atoms with van der Waals surface area (Å²) in [4.78, 5) is 39.4. The van der Waals surface area contributed by atoms with Crippen molar-refractivity contribution >= 4 is 23.4 Å². The Morgan fingerprint density at radius 2 is 1.88 bits per heavy atom. The number of hydrogen-bond donors (Lipinski definition) is 2. The van der Waals surface area contributed by atoms with E-state index in [-0.39, 0.29) is 29.4 Å². The van der Waals surface area contributed by atoms with Gasteiger partial charge in [-0.3, -0.25) is 14.4 Å². The first-order valence-corrected chi connectivity index (χ1v) is 13.0. The average molecular weight is 564 g/mol. The lowest BCUT2D eigenvalue weighted by Gasteiger charge is -2.32. The molecule has 3 rings (SSSR count). The van der Waals surface area contributed by atoms with E-state index < -0.39 is 48.2 Å². The molecule has 0 bridgehead atoms. The molecule has 2 atom stereocenters. The number of hydrogen-bond acceptors (Lipinski definition) is 4. The lowest BCUT2D eigenvalue weighted by atomic mass is 9.79. The molecule has 3 amide bonds. The van der Waals surface area contributed by atoms with Crippen molar-refractivity contribution in [3.05, 3.63) is 47.5 Å². The van der Waals surface area contributed by atoms with Crippen LogP contribution in [-0.4, -0.2) is 58.2 Å². The average Bonchev–Trinajstić information content (AvgIpc) is 3.35. The van der Waals surface area contributed by atoms with Crippen LogP contribution in [0.25, 0.3) is 0 Å². The molecule has 1 aromatic carbocycles. The fourth-order valence-electron chi connectivity index (χ4n) is 4.90. The van der Waals surface area contributed by atoms with Crippen molar-refractivity contribution in [3.8, 4) is 12.3 Å². The number of likely N-dealkylation sites (N-methyl/N-ethyl adjacent to an activating group) is 1. The van der Waals surface area contributed by atoms with E-state index in [1.165, 1.54) is 36.0 Å². The molecule has 1 aromatic heterocycles. The first-order valence-electron chi connectivity index (χ1n) is 13.0. The second-order valence-corrected chi connectivity index (χ2v) is 10.3. The minimum Gasteiger partial charge on any atom is -0.339 e. The van der Waals surface area contributed by atoms with Crippen LogP contribution in [0.15, 0.2) is 30.5 Å². The number of anilines is 1. The molecule has 1 unspecified atom stereocenters. The number of aromatic nitrogens is 2. The van der Waals surface area contributed by atoms with Crippen molar-refractivity contribution in [3.63, 3.8) is 0 Å². The number of terminal acetylenes is 1. The van der Waals surface area contributed by atoms with E-state index in [1.807, 2.05) is 0 Å². The van der Waals surface area contributed by atoms with Gasteiger partial charge in [0.2, 0.25) is 11.8 Å². The van der Waals surface area contributed by atoms with Gasteiger partial charge in [-0.2, -0.15) is 18.3 Å². The van der Waals surface area contributed by atoms with Crippen LogP contribution in [0.1, 0.15) is 61.5 Å². The Balaban J connectivity index is 1.77. The molecule has 216 valence electrons. The largest absolute Gasteiger partial charge is 0.406 e. The van der Waals surface area contributed by atoms with Crippen LogP contribution in [0.5, 0.6) is 0 Å². The van der Waals surface area contributed by atoms with Gasteiger partial charge < -0.3 is 15.5 Å². The summed E-state index contributed by atoms with van der Waals surface area (Å²) >= 11 is 0. The highest BCUT2D eigenvalue weighted by molar-refractivity contribution is 6.00. The SMILES string of the molecule is C#CCn1nccc1C(=O)N[C@H](C(=O)Nc1ccc(C(C)C(=O)N(C)CC(F)(F)F)cc1F)C1CCC(C)CC1. The summed E-state index contributed by atoms with van der Waals surface area (Å²) in [7, 11) is 1.03. The van der Waals surface area contributed by atoms with Crippen LogP contribution in [0.4, 0.5) is 23.2 Å². The van der Waals surface area contributed by atoms with E-state index >= 15 is 4.39 Å². The van der Waals surface area contributed by atoms with Gasteiger partial charge in [0.25, 0.3) is 5.91 Å². The number of rotatable bonds is 9. The third-order valence-electron chi connectivity index (χ3n) is 7.21. The summed E-state index contributed by atoms with van der Waals surface area (Å²) in [6, 6.07) is 4.15. The van der Waals surface area contributed by atoms with Gasteiger partial charge in [0.05, 0.1) is 11.6 Å². The van der Waals surface area contributed by atoms with E-state index in [9.17, 15) is 27.6 Å². The number of amides is 3. The monoisotopic (exact) mass is 563 g/mol. The maximum Gasteiger partial charge on any atom is 0.406 e. The summed E-state index contributed by atoms with van der Waals surface area (Å²) in [5.41, 5.74) is 0.157. The Kier molecular flexibility index (Phi) is 9.95. The summed E-state index contributed by atoms with van der Waals surface area (Å²) in [5.74, 6) is -1.19. The molecule has 2 N–H and O–H groups in total. The molecule has 1 saturated carbocycles. The highest BCUT2D eigenvalue weighted by Gasteiger charge is 2.35. The highest BCUT2D eigenvalue weighted by Crippen LogP contribution is 2.32. The zero-order valence-corrected chi connectivity index (χ0v) is 22.6. The van der Waals surface area contributed by atoms with Gasteiger partial charge in [0.15, 0.2) is 0 Å². The minimum atomic E-state index is -4.56. The Bertz CT molecular complexity index is 1260. The fourth-order valence-corrected chi connectivity index (χ4v) is 4.90. The molecule has 0 aliphatic heterocycles. The first-order chi connectivity index (χ1) is 18.8. The second kappa shape index (κ2) is 13.0. The van der Waals surface area contributed by atoms with Crippen LogP contribution in [0.2, 0.25) is 0 Å². The third kappa shape index (κ3) is 7.83. The van der Waals surface area contributed by atoms with Crippen molar-refractivity contribution in [2.45, 2.75) is 64.2 Å². The van der Waals surface area contributed by atoms with Crippen molar-refractivity contribution in [2.24, 2.45) is 11.8 Å². The number of alkyl halides is 3. The third-order valence-corrected chi connectivity index (χ3v) is 7.21. The summed E-state index contributed by atoms with van der Waals surface area (Å²) in [5, 5.41) is 9.33. The summed E-state index contributed by atoms with van der Waals surface area (Å²) in [6.45, 7) is 2.13. The Labute approximate surface area is 230 Å². The van der Waals surface area contributed by atoms with Crippen LogP contribution >= 0.6 is 0 Å². The van der Waals surface area contributed by atoms with Gasteiger partial charge in [0.1, 0.15) is 30.6 Å². The molecule has 1 fully saturated rings. The van der Waals surface area contributed by atoms with E-state index in [2.05, 4.69) is 28.6 Å². The number of carbonyl (C=O) groups excluding carboxylic acids is 3. The molecular formula is C28H33F4N5O3. The van der Waals surface area contributed by atoms with Crippen LogP contribution in [-0.2, 0) is 16.1 Å². The molecule has 40 heavy (non-hydrogen) atoms. The molecule has 1 aliphatic rings. The molecule has 0 saturated heterocycles. The van der Waals surface area contributed by atoms with Crippen molar-refractivity contribution in [2.75, 3.05) is 18.9 Å². The second-order valence-electron chi connectivity index (χ2n) is 10.3. The van der Waals surface area contributed by atoms with Crippen molar-refractivity contribution in [1.82, 2.24) is 20.0 Å². The Morgan fingerprint density at radius 3 is 2.48 bits per heavy atom. The Hall–Kier alpha value is -3.88. The Morgan fingerprint density at radius 1 is 1.20 bits per heavy atom. The molecule has 2 aromatic rings. The minimum absolute atomic E-state index is 0.0675. The van der Waals surface area contributed by atoms with Gasteiger partial charge >= 0.3 is 6.18 Å². The first kappa shape index (κ1) is 30.7. The lowest BCUT2D eigenvalue weighted by Crippen LogP contribution is -2.49. The smallest absolute Gasteiger partial charge is 0.339 e. The van der Waals surface area contributed by atoms with E-state index in [0.29, 0.717) is 23.7 Å². The van der Waals surface area contributed by atoms with Gasteiger partial charge in [-0.1, -0.05) is 31.8 Å². The fraction of sp³-hybridized carbons (Fsp3) is 0.500. The number of nitrogens with one attached hydrogen (secondary N) is 2. The van der Waals surface area contributed by atoms with Crippen LogP contribution in [0.3, 0.4) is 0 Å². The van der Waals surface area contributed by atoms with E-state index in [0.717, 1.165) is 26.0 Å². The quantitative estimate of drug-likeness (QED) is 0.351. The molecule has 12 heteroatoms. The van der Waals surface area contributed by atoms with Crippen LogP contribution in [0, 0.1) is 30.0 Å². The summed E-state index contributed by atoms with van der Waals surface area (Å²) in [6.07, 6.45) is 5.33. The van der Waals surface area contributed by atoms with E-state index in [1.54, 1.807) is 0 Å². The molecule has 1 aliphatic carbocycles. The maximum absolute atomic E-state index is 15.0. The zero-order valence-electron chi connectivity index (χ0n) is 22.6. The highest BCUT2D eigenvalue weighted by atomic mass is 19.4. The molecule has 1 heterocycles. The summed E-state index contributed by atoms with van der Waals surface area (Å²) < 4.78 is 54.4. The number of halogens is 4. The van der Waals surface area contributed by atoms with Gasteiger partial charge in [0, 0.05) is 13.2 Å². The molecule has 8 nitrogen and oxygen atoms in total. The predicted molar refractivity (Wildman–Crippen MR) is 141 cm³/mol. The molecule has 0 radical (unpaired) electrons. The van der Waals surface area contributed by atoms with Gasteiger partial charge in [-0.15, -0.1) is 6.42 Å². The zero-order chi connectivity index (χ0) is 29.6. The molecule has 0 spiro atoms. The predicted octanol–water partition coefficient (Wildman–Crippen LogP) is 4.34.